The molecule has 0 saturated heterocycles. The van der Waals surface area contributed by atoms with E-state index in [1.54, 1.807) is 20.8 Å². The number of nitrogens with zero attached hydrogens (tertiary/aromatic N) is 2. The lowest BCUT2D eigenvalue weighted by Gasteiger charge is -2.19. The standard InChI is InChI=1S/C13H17ClN4O2/c1-13(2,3)20-12(19)16-7-5-4-6-9-8-17-11(15)10(14)18-9/h8H,5,7H2,1-3H3,(H2,15,17)(H,16,19). The summed E-state index contributed by atoms with van der Waals surface area (Å²) in [6.45, 7) is 5.79. The lowest BCUT2D eigenvalue weighted by atomic mass is 10.2. The molecule has 6 nitrogen and oxygen atoms in total. The predicted molar refractivity (Wildman–Crippen MR) is 77.2 cm³/mol. The molecule has 0 aliphatic heterocycles. The van der Waals surface area contributed by atoms with Gasteiger partial charge in [0.15, 0.2) is 11.0 Å². The first-order chi connectivity index (χ1) is 9.28. The van der Waals surface area contributed by atoms with Gasteiger partial charge in [0.05, 0.1) is 6.20 Å². The number of carbonyl (C=O) groups excluding carboxylic acids is 1. The van der Waals surface area contributed by atoms with E-state index in [9.17, 15) is 4.79 Å². The molecule has 3 N–H and O–H groups in total. The number of hydrogen-bond acceptors (Lipinski definition) is 5. The fourth-order valence-electron chi connectivity index (χ4n) is 1.13. The van der Waals surface area contributed by atoms with Gasteiger partial charge < -0.3 is 15.8 Å². The molecule has 0 fully saturated rings. The van der Waals surface area contributed by atoms with Crippen molar-refractivity contribution in [3.63, 3.8) is 0 Å². The van der Waals surface area contributed by atoms with Gasteiger partial charge in [0.1, 0.15) is 11.3 Å². The van der Waals surface area contributed by atoms with Crippen LogP contribution >= 0.6 is 11.6 Å². The third-order valence-electron chi connectivity index (χ3n) is 1.89. The first-order valence-corrected chi connectivity index (χ1v) is 6.39. The average Bonchev–Trinajstić information content (AvgIpc) is 2.31. The highest BCUT2D eigenvalue weighted by Crippen LogP contribution is 2.11. The Morgan fingerprint density at radius 2 is 2.25 bits per heavy atom. The summed E-state index contributed by atoms with van der Waals surface area (Å²) in [5.41, 5.74) is 5.36. The molecular weight excluding hydrogens is 280 g/mol. The number of nitrogens with two attached hydrogens (primary N) is 1. The molecule has 0 spiro atoms. The third-order valence-corrected chi connectivity index (χ3v) is 2.17. The van der Waals surface area contributed by atoms with Gasteiger partial charge in [0.25, 0.3) is 0 Å². The lowest BCUT2D eigenvalue weighted by molar-refractivity contribution is 0.0529. The van der Waals surface area contributed by atoms with Crippen LogP contribution in [0.3, 0.4) is 0 Å². The van der Waals surface area contributed by atoms with Crippen molar-refractivity contribution < 1.29 is 9.53 Å². The number of amides is 1. The predicted octanol–water partition coefficient (Wildman–Crippen LogP) is 1.98. The molecule has 1 aromatic heterocycles. The summed E-state index contributed by atoms with van der Waals surface area (Å²) >= 11 is 5.72. The van der Waals surface area contributed by atoms with E-state index < -0.39 is 11.7 Å². The third kappa shape index (κ3) is 6.25. The Balaban J connectivity index is 2.36. The van der Waals surface area contributed by atoms with Gasteiger partial charge in [-0.1, -0.05) is 17.5 Å². The van der Waals surface area contributed by atoms with Gasteiger partial charge in [0, 0.05) is 13.0 Å². The first kappa shape index (κ1) is 16.1. The second-order valence-corrected chi connectivity index (χ2v) is 5.27. The number of ether oxygens (including phenoxy) is 1. The van der Waals surface area contributed by atoms with Crippen molar-refractivity contribution in [3.05, 3.63) is 17.0 Å². The molecule has 20 heavy (non-hydrogen) atoms. The van der Waals surface area contributed by atoms with Gasteiger partial charge in [-0.15, -0.1) is 0 Å². The number of carbonyl (C=O) groups is 1. The van der Waals surface area contributed by atoms with E-state index in [1.807, 2.05) is 0 Å². The van der Waals surface area contributed by atoms with Crippen LogP contribution in [0, 0.1) is 11.8 Å². The van der Waals surface area contributed by atoms with Crippen LogP contribution in [-0.4, -0.2) is 28.2 Å². The van der Waals surface area contributed by atoms with Crippen molar-refractivity contribution in [2.24, 2.45) is 0 Å². The summed E-state index contributed by atoms with van der Waals surface area (Å²) in [4.78, 5) is 19.1. The molecule has 108 valence electrons. The van der Waals surface area contributed by atoms with Crippen molar-refractivity contribution >= 4 is 23.5 Å². The topological polar surface area (TPSA) is 90.1 Å². The Labute approximate surface area is 123 Å². The monoisotopic (exact) mass is 296 g/mol. The molecule has 0 saturated carbocycles. The molecule has 1 heterocycles. The number of hydrogen-bond donors (Lipinski definition) is 2. The van der Waals surface area contributed by atoms with Crippen molar-refractivity contribution in [1.29, 1.82) is 0 Å². The summed E-state index contributed by atoms with van der Waals surface area (Å²) < 4.78 is 5.08. The zero-order valence-corrected chi connectivity index (χ0v) is 12.4. The number of halogens is 1. The number of rotatable bonds is 2. The molecule has 0 unspecified atom stereocenters. The van der Waals surface area contributed by atoms with Crippen LogP contribution in [0.15, 0.2) is 6.20 Å². The smallest absolute Gasteiger partial charge is 0.407 e. The van der Waals surface area contributed by atoms with Gasteiger partial charge in [-0.05, 0) is 26.7 Å². The lowest BCUT2D eigenvalue weighted by Crippen LogP contribution is -2.32. The van der Waals surface area contributed by atoms with Crippen molar-refractivity contribution in [2.45, 2.75) is 32.8 Å². The van der Waals surface area contributed by atoms with E-state index in [2.05, 4.69) is 27.1 Å². The van der Waals surface area contributed by atoms with E-state index >= 15 is 0 Å². The average molecular weight is 297 g/mol. The highest BCUT2D eigenvalue weighted by atomic mass is 35.5. The van der Waals surface area contributed by atoms with Gasteiger partial charge in [0.2, 0.25) is 0 Å². The summed E-state index contributed by atoms with van der Waals surface area (Å²) in [5.74, 6) is 5.79. The fraction of sp³-hybridized carbons (Fsp3) is 0.462. The maximum atomic E-state index is 11.3. The van der Waals surface area contributed by atoms with Gasteiger partial charge in [-0.2, -0.15) is 0 Å². The SMILES string of the molecule is CC(C)(C)OC(=O)NCCC#Cc1cnc(N)c(Cl)n1. The first-order valence-electron chi connectivity index (χ1n) is 6.01. The van der Waals surface area contributed by atoms with Crippen molar-refractivity contribution in [3.8, 4) is 11.8 Å². The largest absolute Gasteiger partial charge is 0.444 e. The van der Waals surface area contributed by atoms with Crippen molar-refractivity contribution in [1.82, 2.24) is 15.3 Å². The highest BCUT2D eigenvalue weighted by molar-refractivity contribution is 6.31. The van der Waals surface area contributed by atoms with Crippen LogP contribution in [0.2, 0.25) is 5.15 Å². The zero-order chi connectivity index (χ0) is 15.2. The molecule has 0 aromatic carbocycles. The normalized spacial score (nSPS) is 10.4. The van der Waals surface area contributed by atoms with Crippen LogP contribution in [0.1, 0.15) is 32.9 Å². The number of alkyl carbamates (subject to hydrolysis) is 1. The Morgan fingerprint density at radius 3 is 2.85 bits per heavy atom. The number of aromatic nitrogens is 2. The molecule has 0 aliphatic carbocycles. The Hall–Kier alpha value is -2.00. The zero-order valence-electron chi connectivity index (χ0n) is 11.7. The van der Waals surface area contributed by atoms with Gasteiger partial charge >= 0.3 is 6.09 Å². The molecule has 1 aromatic rings. The molecule has 1 rings (SSSR count). The number of nitrogen functional groups attached to an aromatic ring is 1. The van der Waals surface area contributed by atoms with Gasteiger partial charge in [-0.3, -0.25) is 0 Å². The quantitative estimate of drug-likeness (QED) is 0.643. The Kier molecular flexibility index (Phi) is 5.59. The van der Waals surface area contributed by atoms with Crippen LogP contribution < -0.4 is 11.1 Å². The van der Waals surface area contributed by atoms with E-state index in [0.717, 1.165) is 0 Å². The van der Waals surface area contributed by atoms with E-state index in [-0.39, 0.29) is 11.0 Å². The highest BCUT2D eigenvalue weighted by Gasteiger charge is 2.15. The van der Waals surface area contributed by atoms with E-state index in [0.29, 0.717) is 18.7 Å². The maximum absolute atomic E-state index is 11.3. The summed E-state index contributed by atoms with van der Waals surface area (Å²) in [7, 11) is 0. The maximum Gasteiger partial charge on any atom is 0.407 e. The second-order valence-electron chi connectivity index (χ2n) is 4.91. The molecule has 0 radical (unpaired) electrons. The summed E-state index contributed by atoms with van der Waals surface area (Å²) in [6.07, 6.45) is 1.44. The molecule has 1 amide bonds. The molecule has 7 heteroatoms. The minimum atomic E-state index is -0.508. The van der Waals surface area contributed by atoms with Crippen LogP contribution in [0.25, 0.3) is 0 Å². The minimum Gasteiger partial charge on any atom is -0.444 e. The molecule has 0 atom stereocenters. The van der Waals surface area contributed by atoms with E-state index in [1.165, 1.54) is 6.20 Å². The van der Waals surface area contributed by atoms with E-state index in [4.69, 9.17) is 22.1 Å². The second kappa shape index (κ2) is 6.96. The molecule has 0 bridgehead atoms. The van der Waals surface area contributed by atoms with Crippen molar-refractivity contribution in [2.75, 3.05) is 12.3 Å². The van der Waals surface area contributed by atoms with Crippen LogP contribution in [0.5, 0.6) is 0 Å². The Bertz CT molecular complexity index is 544. The Morgan fingerprint density at radius 1 is 1.55 bits per heavy atom. The van der Waals surface area contributed by atoms with Crippen LogP contribution in [-0.2, 0) is 4.74 Å². The molecule has 0 aliphatic rings. The summed E-state index contributed by atoms with van der Waals surface area (Å²) in [5, 5.41) is 2.73. The van der Waals surface area contributed by atoms with Crippen LogP contribution in [0.4, 0.5) is 10.6 Å². The number of nitrogens with one attached hydrogen (secondary N) is 1. The van der Waals surface area contributed by atoms with Gasteiger partial charge in [-0.25, -0.2) is 14.8 Å². The summed E-state index contributed by atoms with van der Waals surface area (Å²) in [6, 6.07) is 0. The minimum absolute atomic E-state index is 0.128. The fourth-order valence-corrected chi connectivity index (χ4v) is 1.27. The number of anilines is 1. The molecular formula is C13H17ClN4O2.